The number of anilines is 2. The summed E-state index contributed by atoms with van der Waals surface area (Å²) in [4.78, 5) is 9.28. The maximum absolute atomic E-state index is 13.3. The number of pyridine rings is 1. The number of aliphatic hydroxyl groups is 1. The van der Waals surface area contributed by atoms with E-state index in [-0.39, 0.29) is 6.04 Å². The third kappa shape index (κ3) is 4.02. The van der Waals surface area contributed by atoms with E-state index in [1.165, 1.54) is 4.68 Å². The molecule has 34 heavy (non-hydrogen) atoms. The van der Waals surface area contributed by atoms with Gasteiger partial charge in [-0.05, 0) is 50.8 Å². The molecule has 1 fully saturated rings. The van der Waals surface area contributed by atoms with E-state index in [1.54, 1.807) is 23.7 Å². The zero-order valence-electron chi connectivity index (χ0n) is 19.0. The molecule has 0 atom stereocenters. The molecule has 0 aromatic carbocycles. The molecule has 0 spiro atoms. The van der Waals surface area contributed by atoms with Gasteiger partial charge >= 0.3 is 0 Å². The van der Waals surface area contributed by atoms with Gasteiger partial charge in [-0.25, -0.2) is 23.0 Å². The minimum atomic E-state index is -1.06. The fraction of sp³-hybridized carbons (Fsp3) is 0.500. The van der Waals surface area contributed by atoms with Gasteiger partial charge in [-0.1, -0.05) is 5.21 Å². The number of hydrogen-bond donors (Lipinski definition) is 3. The second kappa shape index (κ2) is 8.75. The summed E-state index contributed by atoms with van der Waals surface area (Å²) in [6.45, 7) is 0.0696. The molecule has 0 unspecified atom stereocenters. The van der Waals surface area contributed by atoms with Crippen LogP contribution in [0.15, 0.2) is 24.4 Å². The highest BCUT2D eigenvalue weighted by Gasteiger charge is 2.29. The lowest BCUT2D eigenvalue weighted by atomic mass is 9.84. The van der Waals surface area contributed by atoms with Gasteiger partial charge in [0, 0.05) is 24.8 Å². The first-order valence-corrected chi connectivity index (χ1v) is 11.3. The lowest BCUT2D eigenvalue weighted by Gasteiger charge is -2.33. The van der Waals surface area contributed by atoms with Crippen LogP contribution < -0.4 is 10.6 Å². The van der Waals surface area contributed by atoms with Crippen LogP contribution in [0.1, 0.15) is 38.6 Å². The third-order valence-corrected chi connectivity index (χ3v) is 6.44. The fourth-order valence-electron chi connectivity index (χ4n) is 4.43. The summed E-state index contributed by atoms with van der Waals surface area (Å²) in [6.07, 6.45) is 4.95. The van der Waals surface area contributed by atoms with E-state index in [9.17, 15) is 13.9 Å². The predicted molar refractivity (Wildman–Crippen MR) is 124 cm³/mol. The van der Waals surface area contributed by atoms with E-state index in [1.807, 2.05) is 19.2 Å². The van der Waals surface area contributed by atoms with E-state index in [0.29, 0.717) is 28.6 Å². The quantitative estimate of drug-likeness (QED) is 0.376. The Kier molecular flexibility index (Phi) is 5.76. The second-order valence-corrected chi connectivity index (χ2v) is 9.01. The van der Waals surface area contributed by atoms with E-state index in [4.69, 9.17) is 0 Å². The Bertz CT molecular complexity index is 1300. The van der Waals surface area contributed by atoms with Crippen molar-refractivity contribution in [1.82, 2.24) is 34.6 Å². The first kappa shape index (κ1) is 22.4. The van der Waals surface area contributed by atoms with Crippen LogP contribution in [-0.4, -0.2) is 71.7 Å². The van der Waals surface area contributed by atoms with Crippen molar-refractivity contribution in [2.75, 3.05) is 31.0 Å². The molecule has 180 valence electrons. The molecule has 4 heterocycles. The number of rotatable bonds is 7. The third-order valence-electron chi connectivity index (χ3n) is 6.44. The van der Waals surface area contributed by atoms with Gasteiger partial charge in [0.25, 0.3) is 0 Å². The molecule has 0 saturated heterocycles. The standard InChI is InChI=1S/C22H27F2N9O/c1-22(34)8-5-13(6-9-22)26-21-28-19(25-2)18-15(7-10-32(18)30-21)16-3-4-17-20(27-16)33(31-29-17)14(11-23)12-24/h3-4,7,10,13-14,34H,5-6,8-9,11-12H2,1-2H3,(H2,25,26,28,30). The van der Waals surface area contributed by atoms with E-state index in [2.05, 4.69) is 36.0 Å². The van der Waals surface area contributed by atoms with Crippen LogP contribution in [0.3, 0.4) is 0 Å². The highest BCUT2D eigenvalue weighted by Crippen LogP contribution is 2.32. The molecule has 10 nitrogen and oxygen atoms in total. The van der Waals surface area contributed by atoms with E-state index < -0.39 is 25.0 Å². The largest absolute Gasteiger partial charge is 0.390 e. The average molecular weight is 472 g/mol. The Balaban J connectivity index is 1.50. The Hall–Kier alpha value is -3.41. The second-order valence-electron chi connectivity index (χ2n) is 9.01. The topological polar surface area (TPSA) is 118 Å². The molecule has 4 aromatic heterocycles. The molecule has 0 bridgehead atoms. The Labute approximate surface area is 194 Å². The smallest absolute Gasteiger partial charge is 0.243 e. The van der Waals surface area contributed by atoms with Crippen molar-refractivity contribution in [2.45, 2.75) is 50.3 Å². The van der Waals surface area contributed by atoms with Crippen molar-refractivity contribution in [3.8, 4) is 11.3 Å². The molecule has 1 aliphatic carbocycles. The molecular formula is C22H27F2N9O. The molecule has 1 saturated carbocycles. The Morgan fingerprint density at radius 3 is 2.65 bits per heavy atom. The van der Waals surface area contributed by atoms with Crippen LogP contribution in [0.4, 0.5) is 20.5 Å². The zero-order chi connectivity index (χ0) is 23.9. The average Bonchev–Trinajstić information content (AvgIpc) is 3.45. The number of nitrogens with one attached hydrogen (secondary N) is 2. The van der Waals surface area contributed by atoms with Crippen molar-refractivity contribution in [3.63, 3.8) is 0 Å². The van der Waals surface area contributed by atoms with Crippen LogP contribution >= 0.6 is 0 Å². The zero-order valence-corrected chi connectivity index (χ0v) is 19.0. The summed E-state index contributed by atoms with van der Waals surface area (Å²) >= 11 is 0. The first-order chi connectivity index (χ1) is 16.4. The number of halogens is 2. The summed E-state index contributed by atoms with van der Waals surface area (Å²) in [5, 5.41) is 29.2. The molecule has 0 amide bonds. The summed E-state index contributed by atoms with van der Waals surface area (Å²) in [6, 6.07) is 4.51. The minimum Gasteiger partial charge on any atom is -0.390 e. The molecule has 1 aliphatic rings. The van der Waals surface area contributed by atoms with Crippen LogP contribution in [0.5, 0.6) is 0 Å². The predicted octanol–water partition coefficient (Wildman–Crippen LogP) is 3.16. The summed E-state index contributed by atoms with van der Waals surface area (Å²) in [7, 11) is 1.78. The number of hydrogen-bond acceptors (Lipinski definition) is 8. The lowest BCUT2D eigenvalue weighted by molar-refractivity contribution is 0.0195. The van der Waals surface area contributed by atoms with Crippen LogP contribution in [-0.2, 0) is 0 Å². The van der Waals surface area contributed by atoms with Crippen LogP contribution in [0.25, 0.3) is 27.9 Å². The van der Waals surface area contributed by atoms with Gasteiger partial charge in [-0.15, -0.1) is 10.2 Å². The normalized spacial score (nSPS) is 20.9. The fourth-order valence-corrected chi connectivity index (χ4v) is 4.43. The van der Waals surface area contributed by atoms with Crippen LogP contribution in [0.2, 0.25) is 0 Å². The van der Waals surface area contributed by atoms with Crippen molar-refractivity contribution in [2.24, 2.45) is 0 Å². The molecule has 0 aliphatic heterocycles. The maximum Gasteiger partial charge on any atom is 0.243 e. The van der Waals surface area contributed by atoms with Gasteiger partial charge in [-0.2, -0.15) is 4.98 Å². The minimum absolute atomic E-state index is 0.188. The number of alkyl halides is 2. The summed E-state index contributed by atoms with van der Waals surface area (Å²) < 4.78 is 29.5. The highest BCUT2D eigenvalue weighted by molar-refractivity contribution is 5.89. The maximum atomic E-state index is 13.3. The van der Waals surface area contributed by atoms with Gasteiger partial charge in [0.15, 0.2) is 11.5 Å². The number of nitrogens with zero attached hydrogens (tertiary/aromatic N) is 7. The molecule has 5 rings (SSSR count). The first-order valence-electron chi connectivity index (χ1n) is 11.3. The van der Waals surface area contributed by atoms with E-state index in [0.717, 1.165) is 36.8 Å². The Morgan fingerprint density at radius 1 is 1.18 bits per heavy atom. The number of aromatic nitrogens is 7. The van der Waals surface area contributed by atoms with Crippen molar-refractivity contribution < 1.29 is 13.9 Å². The molecule has 3 N–H and O–H groups in total. The van der Waals surface area contributed by atoms with Gasteiger partial charge in [0.2, 0.25) is 5.95 Å². The van der Waals surface area contributed by atoms with Crippen molar-refractivity contribution >= 4 is 28.4 Å². The van der Waals surface area contributed by atoms with Gasteiger partial charge in [0.05, 0.1) is 11.3 Å². The van der Waals surface area contributed by atoms with Crippen LogP contribution in [0, 0.1) is 0 Å². The molecule has 0 radical (unpaired) electrons. The highest BCUT2D eigenvalue weighted by atomic mass is 19.1. The van der Waals surface area contributed by atoms with Gasteiger partial charge in [-0.3, -0.25) is 0 Å². The lowest BCUT2D eigenvalue weighted by Crippen LogP contribution is -2.36. The van der Waals surface area contributed by atoms with Crippen molar-refractivity contribution in [1.29, 1.82) is 0 Å². The molecule has 12 heteroatoms. The summed E-state index contributed by atoms with van der Waals surface area (Å²) in [5.41, 5.74) is 2.24. The van der Waals surface area contributed by atoms with Crippen molar-refractivity contribution in [3.05, 3.63) is 24.4 Å². The molecule has 4 aromatic rings. The summed E-state index contributed by atoms with van der Waals surface area (Å²) in [5.74, 6) is 1.10. The Morgan fingerprint density at radius 2 is 1.94 bits per heavy atom. The monoisotopic (exact) mass is 471 g/mol. The van der Waals surface area contributed by atoms with E-state index >= 15 is 0 Å². The SMILES string of the molecule is CNc1nc(NC2CCC(C)(O)CC2)nn2ccc(-c3ccc4nnn(C(CF)CF)c4n3)c12. The van der Waals surface area contributed by atoms with Gasteiger partial charge < -0.3 is 15.7 Å². The van der Waals surface area contributed by atoms with Gasteiger partial charge in [0.1, 0.15) is 30.4 Å². The molecular weight excluding hydrogens is 444 g/mol. The number of fused-ring (bicyclic) bond motifs is 2.